The summed E-state index contributed by atoms with van der Waals surface area (Å²) in [6.45, 7) is 0. The zero-order valence-electron chi connectivity index (χ0n) is 5.25. The minimum absolute atomic E-state index is 0.515. The Morgan fingerprint density at radius 2 is 1.33 bits per heavy atom. The highest BCUT2D eigenvalue weighted by atomic mass is 35.5. The largest absolute Gasteiger partial charge is 0.127 e. The van der Waals surface area contributed by atoms with E-state index in [1.165, 1.54) is 0 Å². The number of hydrogen-bond acceptors (Lipinski definition) is 0. The van der Waals surface area contributed by atoms with E-state index in [2.05, 4.69) is 0 Å². The SMILES string of the molecule is ClCCC(CCl)CCCl. The van der Waals surface area contributed by atoms with Crippen LogP contribution >= 0.6 is 34.8 Å². The van der Waals surface area contributed by atoms with Gasteiger partial charge in [-0.3, -0.25) is 0 Å². The fraction of sp³-hybridized carbons (Fsp3) is 1.00. The highest BCUT2D eigenvalue weighted by Gasteiger charge is 2.04. The zero-order valence-corrected chi connectivity index (χ0v) is 7.51. The first-order valence-corrected chi connectivity index (χ1v) is 4.63. The smallest absolute Gasteiger partial charge is 0.0252 e. The Morgan fingerprint density at radius 3 is 1.56 bits per heavy atom. The van der Waals surface area contributed by atoms with E-state index in [9.17, 15) is 0 Å². The van der Waals surface area contributed by atoms with Crippen LogP contribution in [0.25, 0.3) is 0 Å². The maximum absolute atomic E-state index is 5.61. The summed E-state index contributed by atoms with van der Waals surface area (Å²) in [7, 11) is 0. The van der Waals surface area contributed by atoms with Gasteiger partial charge in [-0.1, -0.05) is 0 Å². The van der Waals surface area contributed by atoms with Gasteiger partial charge in [-0.05, 0) is 18.8 Å². The van der Waals surface area contributed by atoms with Crippen molar-refractivity contribution in [1.82, 2.24) is 0 Å². The van der Waals surface area contributed by atoms with Crippen LogP contribution < -0.4 is 0 Å². The molecule has 0 spiro atoms. The molecule has 0 aliphatic rings. The molecule has 0 radical (unpaired) electrons. The van der Waals surface area contributed by atoms with Gasteiger partial charge in [0.05, 0.1) is 0 Å². The van der Waals surface area contributed by atoms with Gasteiger partial charge in [-0.25, -0.2) is 0 Å². The van der Waals surface area contributed by atoms with E-state index in [4.69, 9.17) is 34.8 Å². The highest BCUT2D eigenvalue weighted by molar-refractivity contribution is 6.19. The van der Waals surface area contributed by atoms with Crippen LogP contribution in [0, 0.1) is 5.92 Å². The molecule has 0 atom stereocenters. The Labute approximate surface area is 71.5 Å². The summed E-state index contributed by atoms with van der Waals surface area (Å²) in [4.78, 5) is 0. The van der Waals surface area contributed by atoms with Crippen LogP contribution in [0.1, 0.15) is 12.8 Å². The Kier molecular flexibility index (Phi) is 7.66. The molecule has 0 fully saturated rings. The van der Waals surface area contributed by atoms with Gasteiger partial charge in [0.15, 0.2) is 0 Å². The molecule has 0 N–H and O–H groups in total. The van der Waals surface area contributed by atoms with Gasteiger partial charge < -0.3 is 0 Å². The summed E-state index contributed by atoms with van der Waals surface area (Å²) in [6.07, 6.45) is 1.97. The first-order valence-electron chi connectivity index (χ1n) is 3.03. The molecular formula is C6H11Cl3. The van der Waals surface area contributed by atoms with Gasteiger partial charge in [-0.15, -0.1) is 34.8 Å². The van der Waals surface area contributed by atoms with Gasteiger partial charge in [0, 0.05) is 17.6 Å². The lowest BCUT2D eigenvalue weighted by atomic mass is 10.1. The molecule has 0 aliphatic carbocycles. The van der Waals surface area contributed by atoms with Gasteiger partial charge in [0.2, 0.25) is 0 Å². The van der Waals surface area contributed by atoms with Crippen molar-refractivity contribution >= 4 is 34.8 Å². The maximum atomic E-state index is 5.61. The van der Waals surface area contributed by atoms with E-state index in [1.807, 2.05) is 0 Å². The van der Waals surface area contributed by atoms with Crippen molar-refractivity contribution in [3.8, 4) is 0 Å². The molecule has 56 valence electrons. The second-order valence-corrected chi connectivity index (χ2v) is 3.04. The van der Waals surface area contributed by atoms with Crippen LogP contribution in [0.4, 0.5) is 0 Å². The van der Waals surface area contributed by atoms with Crippen molar-refractivity contribution in [3.63, 3.8) is 0 Å². The van der Waals surface area contributed by atoms with E-state index in [-0.39, 0.29) is 0 Å². The first-order chi connectivity index (χ1) is 4.35. The Balaban J connectivity index is 3.18. The summed E-state index contributed by atoms with van der Waals surface area (Å²) in [6, 6.07) is 0. The molecule has 3 heteroatoms. The second-order valence-electron chi connectivity index (χ2n) is 1.98. The maximum Gasteiger partial charge on any atom is 0.0252 e. The van der Waals surface area contributed by atoms with Crippen LogP contribution in [-0.2, 0) is 0 Å². The Morgan fingerprint density at radius 1 is 0.889 bits per heavy atom. The van der Waals surface area contributed by atoms with Crippen LogP contribution in [0.5, 0.6) is 0 Å². The summed E-state index contributed by atoms with van der Waals surface area (Å²) < 4.78 is 0. The van der Waals surface area contributed by atoms with Gasteiger partial charge in [0.1, 0.15) is 0 Å². The Hall–Kier alpha value is 0.870. The summed E-state index contributed by atoms with van der Waals surface area (Å²) in [5.74, 6) is 2.57. The third-order valence-corrected chi connectivity index (χ3v) is 2.13. The van der Waals surface area contributed by atoms with E-state index in [0.29, 0.717) is 23.6 Å². The number of hydrogen-bond donors (Lipinski definition) is 0. The van der Waals surface area contributed by atoms with Gasteiger partial charge >= 0.3 is 0 Å². The molecule has 0 nitrogen and oxygen atoms in total. The summed E-state index contributed by atoms with van der Waals surface area (Å²) >= 11 is 16.6. The molecule has 0 aromatic heterocycles. The summed E-state index contributed by atoms with van der Waals surface area (Å²) in [5.41, 5.74) is 0. The minimum atomic E-state index is 0.515. The van der Waals surface area contributed by atoms with E-state index < -0.39 is 0 Å². The van der Waals surface area contributed by atoms with E-state index in [1.54, 1.807) is 0 Å². The van der Waals surface area contributed by atoms with Crippen molar-refractivity contribution in [3.05, 3.63) is 0 Å². The molecule has 0 saturated carbocycles. The van der Waals surface area contributed by atoms with Crippen LogP contribution in [0.15, 0.2) is 0 Å². The third-order valence-electron chi connectivity index (χ3n) is 1.25. The van der Waals surface area contributed by atoms with Crippen molar-refractivity contribution in [2.24, 2.45) is 5.92 Å². The minimum Gasteiger partial charge on any atom is -0.127 e. The molecular weight excluding hydrogens is 178 g/mol. The normalized spacial score (nSPS) is 10.7. The predicted molar refractivity (Wildman–Crippen MR) is 44.9 cm³/mol. The van der Waals surface area contributed by atoms with Crippen LogP contribution in [0.3, 0.4) is 0 Å². The average Bonchev–Trinajstić information content (AvgIpc) is 1.88. The first kappa shape index (κ1) is 9.87. The number of halogens is 3. The van der Waals surface area contributed by atoms with Crippen molar-refractivity contribution in [2.75, 3.05) is 17.6 Å². The molecule has 0 heterocycles. The number of rotatable bonds is 5. The van der Waals surface area contributed by atoms with Crippen molar-refractivity contribution in [2.45, 2.75) is 12.8 Å². The monoisotopic (exact) mass is 188 g/mol. The third kappa shape index (κ3) is 5.32. The molecule has 0 amide bonds. The second kappa shape index (κ2) is 6.98. The quantitative estimate of drug-likeness (QED) is 0.583. The topological polar surface area (TPSA) is 0 Å². The van der Waals surface area contributed by atoms with Gasteiger partial charge in [0.25, 0.3) is 0 Å². The lowest BCUT2D eigenvalue weighted by Gasteiger charge is -2.07. The fourth-order valence-corrected chi connectivity index (χ4v) is 1.53. The van der Waals surface area contributed by atoms with E-state index >= 15 is 0 Å². The van der Waals surface area contributed by atoms with Crippen molar-refractivity contribution in [1.29, 1.82) is 0 Å². The fourth-order valence-electron chi connectivity index (χ4n) is 0.607. The van der Waals surface area contributed by atoms with E-state index in [0.717, 1.165) is 12.8 Å². The summed E-state index contributed by atoms with van der Waals surface area (Å²) in [5, 5.41) is 0. The van der Waals surface area contributed by atoms with Crippen LogP contribution in [0.2, 0.25) is 0 Å². The predicted octanol–water partition coefficient (Wildman–Crippen LogP) is 3.10. The molecule has 0 aliphatic heterocycles. The molecule has 9 heavy (non-hydrogen) atoms. The van der Waals surface area contributed by atoms with Crippen molar-refractivity contribution < 1.29 is 0 Å². The van der Waals surface area contributed by atoms with Crippen LogP contribution in [-0.4, -0.2) is 17.6 Å². The molecule has 0 bridgehead atoms. The molecule has 0 aromatic rings. The lowest BCUT2D eigenvalue weighted by Crippen LogP contribution is -2.03. The molecule has 0 aromatic carbocycles. The average molecular weight is 190 g/mol. The Bertz CT molecular complexity index is 50.3. The molecule has 0 unspecified atom stereocenters. The highest BCUT2D eigenvalue weighted by Crippen LogP contribution is 2.11. The molecule has 0 saturated heterocycles. The zero-order chi connectivity index (χ0) is 7.11. The van der Waals surface area contributed by atoms with Gasteiger partial charge in [-0.2, -0.15) is 0 Å². The molecule has 0 rings (SSSR count). The number of alkyl halides is 3. The lowest BCUT2D eigenvalue weighted by molar-refractivity contribution is 0.557. The standard InChI is InChI=1S/C6H11Cl3/c7-3-1-6(5-9)2-4-8/h6H,1-5H2.